The van der Waals surface area contributed by atoms with Crippen LogP contribution in [0.5, 0.6) is 0 Å². The van der Waals surface area contributed by atoms with E-state index < -0.39 is 5.97 Å². The zero-order chi connectivity index (χ0) is 18.3. The minimum atomic E-state index is -0.786. The van der Waals surface area contributed by atoms with Crippen molar-refractivity contribution in [3.8, 4) is 0 Å². The lowest BCUT2D eigenvalue weighted by atomic mass is 9.85. The summed E-state index contributed by atoms with van der Waals surface area (Å²) < 4.78 is 1.59. The van der Waals surface area contributed by atoms with Crippen LogP contribution in [0.2, 0.25) is 0 Å². The number of fused-ring (bicyclic) bond motifs is 1. The van der Waals surface area contributed by atoms with Gasteiger partial charge in [0.2, 0.25) is 0 Å². The van der Waals surface area contributed by atoms with Gasteiger partial charge in [-0.05, 0) is 44.6 Å². The van der Waals surface area contributed by atoms with E-state index >= 15 is 0 Å². The summed E-state index contributed by atoms with van der Waals surface area (Å²) in [4.78, 5) is 30.1. The van der Waals surface area contributed by atoms with Gasteiger partial charge >= 0.3 is 5.97 Å². The number of rotatable bonds is 7. The molecule has 0 radical (unpaired) electrons. The summed E-state index contributed by atoms with van der Waals surface area (Å²) in [5.74, 6) is -0.310. The molecule has 138 valence electrons. The number of aliphatic carboxylic acids is 1. The Morgan fingerprint density at radius 2 is 2.15 bits per heavy atom. The summed E-state index contributed by atoms with van der Waals surface area (Å²) in [6.07, 6.45) is 7.30. The Labute approximate surface area is 151 Å². The third kappa shape index (κ3) is 3.55. The maximum atomic E-state index is 12.6. The van der Waals surface area contributed by atoms with Crippen molar-refractivity contribution in [1.29, 1.82) is 0 Å². The number of nitrogens with one attached hydrogen (secondary N) is 1. The molecule has 0 atom stereocenters. The predicted octanol–water partition coefficient (Wildman–Crippen LogP) is 1.10. The molecule has 2 fully saturated rings. The van der Waals surface area contributed by atoms with Crippen LogP contribution in [0.15, 0.2) is 18.5 Å². The smallest absolute Gasteiger partial charge is 0.317 e. The van der Waals surface area contributed by atoms with Gasteiger partial charge in [-0.1, -0.05) is 0 Å². The first-order valence-corrected chi connectivity index (χ1v) is 9.07. The van der Waals surface area contributed by atoms with E-state index in [1.54, 1.807) is 10.7 Å². The fourth-order valence-electron chi connectivity index (χ4n) is 3.53. The van der Waals surface area contributed by atoms with Gasteiger partial charge in [-0.25, -0.2) is 9.50 Å². The lowest BCUT2D eigenvalue weighted by Gasteiger charge is -2.42. The van der Waals surface area contributed by atoms with Crippen molar-refractivity contribution in [3.05, 3.63) is 29.7 Å². The SMILES string of the molecule is Cc1ccn2ncc(C(=O)NC3CC(N(CC(=O)O)CC4CC4)C3)c2n1. The molecule has 0 aliphatic heterocycles. The standard InChI is InChI=1S/C18H23N5O3/c1-11-4-5-23-17(20-11)15(8-19-23)18(26)21-13-6-14(7-13)22(10-16(24)25)9-12-2-3-12/h4-5,8,12-14H,2-3,6-7,9-10H2,1H3,(H,21,26)(H,24,25). The van der Waals surface area contributed by atoms with E-state index in [2.05, 4.69) is 20.3 Å². The van der Waals surface area contributed by atoms with Crippen LogP contribution < -0.4 is 5.32 Å². The second kappa shape index (κ2) is 6.68. The average Bonchev–Trinajstić information content (AvgIpc) is 3.26. The van der Waals surface area contributed by atoms with Gasteiger partial charge in [-0.15, -0.1) is 0 Å². The first-order chi connectivity index (χ1) is 12.5. The number of carbonyl (C=O) groups is 2. The maximum absolute atomic E-state index is 12.6. The molecule has 2 aliphatic carbocycles. The van der Waals surface area contributed by atoms with Gasteiger partial charge in [0, 0.05) is 30.5 Å². The van der Waals surface area contributed by atoms with Crippen molar-refractivity contribution in [3.63, 3.8) is 0 Å². The number of aryl methyl sites for hydroxylation is 1. The number of hydrogen-bond acceptors (Lipinski definition) is 5. The topological polar surface area (TPSA) is 99.8 Å². The summed E-state index contributed by atoms with van der Waals surface area (Å²) in [6.45, 7) is 2.82. The molecule has 2 aromatic rings. The molecule has 0 bridgehead atoms. The molecule has 0 aromatic carbocycles. The monoisotopic (exact) mass is 357 g/mol. The fraction of sp³-hybridized carbons (Fsp3) is 0.556. The van der Waals surface area contributed by atoms with E-state index in [-0.39, 0.29) is 24.5 Å². The summed E-state index contributed by atoms with van der Waals surface area (Å²) in [7, 11) is 0. The van der Waals surface area contributed by atoms with Crippen LogP contribution in [-0.2, 0) is 4.79 Å². The minimum absolute atomic E-state index is 0.0720. The molecular weight excluding hydrogens is 334 g/mol. The number of nitrogens with zero attached hydrogens (tertiary/aromatic N) is 4. The Hall–Kier alpha value is -2.48. The van der Waals surface area contributed by atoms with Crippen molar-refractivity contribution in [1.82, 2.24) is 24.8 Å². The molecule has 2 aromatic heterocycles. The Morgan fingerprint density at radius 1 is 1.38 bits per heavy atom. The molecule has 4 rings (SSSR count). The normalized spacial score (nSPS) is 22.4. The first-order valence-electron chi connectivity index (χ1n) is 9.07. The molecule has 2 saturated carbocycles. The Kier molecular flexibility index (Phi) is 4.36. The van der Waals surface area contributed by atoms with Gasteiger partial charge < -0.3 is 10.4 Å². The van der Waals surface area contributed by atoms with Crippen LogP contribution in [0.4, 0.5) is 0 Å². The van der Waals surface area contributed by atoms with Crippen LogP contribution in [0.25, 0.3) is 5.65 Å². The number of carbonyl (C=O) groups excluding carboxylic acids is 1. The second-order valence-corrected chi connectivity index (χ2v) is 7.46. The third-order valence-corrected chi connectivity index (χ3v) is 5.25. The molecule has 8 nitrogen and oxygen atoms in total. The Balaban J connectivity index is 1.35. The zero-order valence-corrected chi connectivity index (χ0v) is 14.8. The van der Waals surface area contributed by atoms with E-state index in [1.165, 1.54) is 19.0 Å². The van der Waals surface area contributed by atoms with Gasteiger partial charge in [-0.2, -0.15) is 5.10 Å². The van der Waals surface area contributed by atoms with E-state index in [1.807, 2.05) is 13.0 Å². The van der Waals surface area contributed by atoms with Gasteiger partial charge in [-0.3, -0.25) is 14.5 Å². The predicted molar refractivity (Wildman–Crippen MR) is 93.9 cm³/mol. The van der Waals surface area contributed by atoms with E-state index in [4.69, 9.17) is 5.11 Å². The lowest BCUT2D eigenvalue weighted by Crippen LogP contribution is -2.55. The van der Waals surface area contributed by atoms with Crippen LogP contribution in [-0.4, -0.2) is 61.7 Å². The van der Waals surface area contributed by atoms with Crippen LogP contribution in [0.1, 0.15) is 41.7 Å². The van der Waals surface area contributed by atoms with Crippen molar-refractivity contribution in [2.24, 2.45) is 5.92 Å². The van der Waals surface area contributed by atoms with E-state index in [0.717, 1.165) is 25.1 Å². The highest BCUT2D eigenvalue weighted by Gasteiger charge is 2.38. The lowest BCUT2D eigenvalue weighted by molar-refractivity contribution is -0.139. The molecule has 0 spiro atoms. The summed E-state index contributed by atoms with van der Waals surface area (Å²) in [5, 5.41) is 16.3. The largest absolute Gasteiger partial charge is 0.480 e. The number of carboxylic acid groups (broad SMARTS) is 1. The van der Waals surface area contributed by atoms with Gasteiger partial charge in [0.15, 0.2) is 5.65 Å². The van der Waals surface area contributed by atoms with Crippen molar-refractivity contribution >= 4 is 17.5 Å². The van der Waals surface area contributed by atoms with Crippen LogP contribution >= 0.6 is 0 Å². The van der Waals surface area contributed by atoms with Crippen LogP contribution in [0, 0.1) is 12.8 Å². The summed E-state index contributed by atoms with van der Waals surface area (Å²) in [5.41, 5.74) is 1.86. The molecule has 0 unspecified atom stereocenters. The van der Waals surface area contributed by atoms with E-state index in [0.29, 0.717) is 17.1 Å². The first kappa shape index (κ1) is 17.0. The van der Waals surface area contributed by atoms with Gasteiger partial charge in [0.1, 0.15) is 5.56 Å². The molecule has 2 heterocycles. The molecule has 2 N–H and O–H groups in total. The quantitative estimate of drug-likeness (QED) is 0.770. The highest BCUT2D eigenvalue weighted by atomic mass is 16.4. The molecular formula is C18H23N5O3. The summed E-state index contributed by atoms with van der Waals surface area (Å²) >= 11 is 0. The van der Waals surface area contributed by atoms with Gasteiger partial charge in [0.05, 0.1) is 12.7 Å². The number of carboxylic acids is 1. The average molecular weight is 357 g/mol. The minimum Gasteiger partial charge on any atom is -0.480 e. The molecule has 2 aliphatic rings. The molecule has 26 heavy (non-hydrogen) atoms. The third-order valence-electron chi connectivity index (χ3n) is 5.25. The van der Waals surface area contributed by atoms with Crippen LogP contribution in [0.3, 0.4) is 0 Å². The maximum Gasteiger partial charge on any atom is 0.317 e. The number of aromatic nitrogens is 3. The molecule has 1 amide bonds. The Morgan fingerprint density at radius 3 is 2.85 bits per heavy atom. The van der Waals surface area contributed by atoms with E-state index in [9.17, 15) is 9.59 Å². The number of amides is 1. The zero-order valence-electron chi connectivity index (χ0n) is 14.8. The van der Waals surface area contributed by atoms with Crippen molar-refractivity contribution in [2.45, 2.75) is 44.7 Å². The van der Waals surface area contributed by atoms with Gasteiger partial charge in [0.25, 0.3) is 5.91 Å². The van der Waals surface area contributed by atoms with Crippen molar-refractivity contribution < 1.29 is 14.7 Å². The summed E-state index contributed by atoms with van der Waals surface area (Å²) in [6, 6.07) is 2.15. The Bertz CT molecular complexity index is 838. The second-order valence-electron chi connectivity index (χ2n) is 7.46. The molecule has 0 saturated heterocycles. The number of hydrogen-bond donors (Lipinski definition) is 2. The highest BCUT2D eigenvalue weighted by Crippen LogP contribution is 2.33. The fourth-order valence-corrected chi connectivity index (χ4v) is 3.53. The highest BCUT2D eigenvalue weighted by molar-refractivity contribution is 5.99. The van der Waals surface area contributed by atoms with Crippen molar-refractivity contribution in [2.75, 3.05) is 13.1 Å². The molecule has 8 heteroatoms.